The smallest absolute Gasteiger partial charge is 0.221 e. The fraction of sp³-hybridized carbons (Fsp3) is 0.833. The number of hydrogen-bond donors (Lipinski definition) is 2. The monoisotopic (exact) mass is 194 g/mol. The summed E-state index contributed by atoms with van der Waals surface area (Å²) in [4.78, 5) is 10.8. The van der Waals surface area contributed by atoms with Crippen molar-refractivity contribution in [1.29, 1.82) is 0 Å². The molecule has 0 spiro atoms. The van der Waals surface area contributed by atoms with Crippen molar-refractivity contribution in [2.24, 2.45) is 5.73 Å². The number of rotatable bonds is 5. The highest BCUT2D eigenvalue weighted by Crippen LogP contribution is 1.87. The second-order valence-corrected chi connectivity index (χ2v) is 4.78. The number of nitrogens with two attached hydrogens (primary N) is 1. The van der Waals surface area contributed by atoms with E-state index in [4.69, 9.17) is 5.73 Å². The molecule has 6 heteroatoms. The molecule has 0 atom stereocenters. The maximum Gasteiger partial charge on any atom is 0.221 e. The molecule has 0 aromatic heterocycles. The number of hydrogen-bond acceptors (Lipinski definition) is 4. The second-order valence-electron chi connectivity index (χ2n) is 2.52. The molecule has 3 N–H and O–H groups in total. The molecule has 0 bridgehead atoms. The Hall–Kier alpha value is -0.620. The summed E-state index contributed by atoms with van der Waals surface area (Å²) in [6, 6.07) is 0. The molecule has 0 saturated heterocycles. The Morgan fingerprint density at radius 3 is 2.50 bits per heavy atom. The highest BCUT2D eigenvalue weighted by atomic mass is 32.2. The molecule has 0 aromatic rings. The molecule has 72 valence electrons. The van der Waals surface area contributed by atoms with E-state index in [0.717, 1.165) is 6.26 Å². The van der Waals surface area contributed by atoms with Crippen LogP contribution >= 0.6 is 0 Å². The van der Waals surface area contributed by atoms with Gasteiger partial charge in [-0.1, -0.05) is 0 Å². The summed E-state index contributed by atoms with van der Waals surface area (Å²) >= 11 is 0. The van der Waals surface area contributed by atoms with Crippen molar-refractivity contribution in [1.82, 2.24) is 5.32 Å². The van der Waals surface area contributed by atoms with Crippen molar-refractivity contribution in [3.8, 4) is 0 Å². The highest BCUT2D eigenvalue weighted by molar-refractivity contribution is 7.90. The maximum absolute atomic E-state index is 10.8. The second kappa shape index (κ2) is 5.10. The molecule has 0 saturated carbocycles. The van der Waals surface area contributed by atoms with Crippen LogP contribution in [0, 0.1) is 0 Å². The number of carbonyl (C=O) groups excluding carboxylic acids is 1. The van der Waals surface area contributed by atoms with Gasteiger partial charge in [0.2, 0.25) is 5.91 Å². The van der Waals surface area contributed by atoms with E-state index in [-0.39, 0.29) is 18.1 Å². The lowest BCUT2D eigenvalue weighted by Gasteiger charge is -2.01. The number of amides is 1. The Balaban J connectivity index is 3.58. The average molecular weight is 194 g/mol. The average Bonchev–Trinajstić information content (AvgIpc) is 1.95. The van der Waals surface area contributed by atoms with Gasteiger partial charge in [-0.05, 0) is 0 Å². The first-order chi connectivity index (χ1) is 5.45. The van der Waals surface area contributed by atoms with E-state index < -0.39 is 9.84 Å². The zero-order chi connectivity index (χ0) is 9.61. The number of sulfone groups is 1. The zero-order valence-electron chi connectivity index (χ0n) is 7.04. The van der Waals surface area contributed by atoms with Crippen LogP contribution in [0.4, 0.5) is 0 Å². The zero-order valence-corrected chi connectivity index (χ0v) is 7.86. The minimum Gasteiger partial charge on any atom is -0.355 e. The molecule has 0 heterocycles. The molecule has 1 amide bonds. The Bertz CT molecular complexity index is 235. The van der Waals surface area contributed by atoms with Gasteiger partial charge in [0.25, 0.3) is 0 Å². The van der Waals surface area contributed by atoms with Gasteiger partial charge in [0.15, 0.2) is 0 Å². The molecular weight excluding hydrogens is 180 g/mol. The van der Waals surface area contributed by atoms with Crippen LogP contribution in [-0.2, 0) is 14.6 Å². The molecule has 0 fully saturated rings. The third-order valence-electron chi connectivity index (χ3n) is 1.17. The third kappa shape index (κ3) is 7.49. The molecule has 0 aliphatic carbocycles. The first kappa shape index (κ1) is 11.4. The van der Waals surface area contributed by atoms with Crippen molar-refractivity contribution in [3.63, 3.8) is 0 Å². The van der Waals surface area contributed by atoms with E-state index in [1.54, 1.807) is 0 Å². The van der Waals surface area contributed by atoms with E-state index in [1.165, 1.54) is 0 Å². The molecule has 0 aromatic carbocycles. The predicted molar refractivity (Wildman–Crippen MR) is 46.4 cm³/mol. The van der Waals surface area contributed by atoms with Crippen LogP contribution in [-0.4, -0.2) is 39.4 Å². The summed E-state index contributed by atoms with van der Waals surface area (Å²) in [6.45, 7) is 0.757. The topological polar surface area (TPSA) is 89.3 Å². The Labute approximate surface area is 72.2 Å². The summed E-state index contributed by atoms with van der Waals surface area (Å²) in [5.74, 6) is -0.380. The molecule has 0 unspecified atom stereocenters. The Morgan fingerprint density at radius 2 is 2.08 bits per heavy atom. The van der Waals surface area contributed by atoms with Gasteiger partial charge in [-0.3, -0.25) is 4.79 Å². The highest BCUT2D eigenvalue weighted by Gasteiger charge is 2.06. The molecule has 0 aliphatic rings. The van der Waals surface area contributed by atoms with Crippen LogP contribution in [0.15, 0.2) is 0 Å². The van der Waals surface area contributed by atoms with Gasteiger partial charge in [0.1, 0.15) is 9.84 Å². The molecular formula is C6H14N2O3S. The van der Waals surface area contributed by atoms with Gasteiger partial charge in [-0.15, -0.1) is 0 Å². The van der Waals surface area contributed by atoms with Gasteiger partial charge >= 0.3 is 0 Å². The summed E-state index contributed by atoms with van der Waals surface area (Å²) in [6.07, 6.45) is 1.11. The molecule has 0 aliphatic heterocycles. The first-order valence-electron chi connectivity index (χ1n) is 3.60. The lowest BCUT2D eigenvalue weighted by atomic mass is 10.4. The van der Waals surface area contributed by atoms with Crippen molar-refractivity contribution in [2.75, 3.05) is 25.1 Å². The quantitative estimate of drug-likeness (QED) is 0.557. The summed E-state index contributed by atoms with van der Waals surface area (Å²) in [7, 11) is -3.04. The lowest BCUT2D eigenvalue weighted by Crippen LogP contribution is -2.30. The fourth-order valence-electron chi connectivity index (χ4n) is 0.578. The van der Waals surface area contributed by atoms with E-state index in [0.29, 0.717) is 13.1 Å². The van der Waals surface area contributed by atoms with Gasteiger partial charge in [0, 0.05) is 25.8 Å². The standard InChI is InChI=1S/C6H14N2O3S/c1-12(10,11)5-2-6(9)8-4-3-7/h2-5,7H2,1H3,(H,8,9). The predicted octanol–water partition coefficient (Wildman–Crippen LogP) is -1.50. The van der Waals surface area contributed by atoms with Crippen molar-refractivity contribution in [2.45, 2.75) is 6.42 Å². The maximum atomic E-state index is 10.8. The number of carbonyl (C=O) groups is 1. The summed E-state index contributed by atoms with van der Waals surface area (Å²) in [5, 5.41) is 2.48. The van der Waals surface area contributed by atoms with Gasteiger partial charge in [0.05, 0.1) is 5.75 Å². The number of nitrogens with one attached hydrogen (secondary N) is 1. The van der Waals surface area contributed by atoms with Crippen molar-refractivity contribution in [3.05, 3.63) is 0 Å². The fourth-order valence-corrected chi connectivity index (χ4v) is 1.13. The third-order valence-corrected chi connectivity index (χ3v) is 2.11. The molecule has 12 heavy (non-hydrogen) atoms. The Morgan fingerprint density at radius 1 is 1.50 bits per heavy atom. The van der Waals surface area contributed by atoms with E-state index >= 15 is 0 Å². The van der Waals surface area contributed by atoms with Gasteiger partial charge in [-0.2, -0.15) is 0 Å². The largest absolute Gasteiger partial charge is 0.355 e. The molecule has 0 radical (unpaired) electrons. The summed E-state index contributed by atoms with van der Waals surface area (Å²) in [5.41, 5.74) is 5.13. The Kier molecular flexibility index (Phi) is 4.84. The van der Waals surface area contributed by atoms with Crippen LogP contribution in [0.3, 0.4) is 0 Å². The minimum atomic E-state index is -3.04. The van der Waals surface area contributed by atoms with E-state index in [9.17, 15) is 13.2 Å². The van der Waals surface area contributed by atoms with Crippen LogP contribution in [0.5, 0.6) is 0 Å². The molecule has 5 nitrogen and oxygen atoms in total. The van der Waals surface area contributed by atoms with Crippen LogP contribution in [0.1, 0.15) is 6.42 Å². The van der Waals surface area contributed by atoms with Crippen LogP contribution in [0.25, 0.3) is 0 Å². The van der Waals surface area contributed by atoms with E-state index in [2.05, 4.69) is 5.32 Å². The van der Waals surface area contributed by atoms with Gasteiger partial charge < -0.3 is 11.1 Å². The first-order valence-corrected chi connectivity index (χ1v) is 5.66. The van der Waals surface area contributed by atoms with Crippen molar-refractivity contribution < 1.29 is 13.2 Å². The van der Waals surface area contributed by atoms with Crippen molar-refractivity contribution >= 4 is 15.7 Å². The lowest BCUT2D eigenvalue weighted by molar-refractivity contribution is -0.120. The minimum absolute atomic E-state index is 0.0127. The normalized spacial score (nSPS) is 11.2. The van der Waals surface area contributed by atoms with Gasteiger partial charge in [-0.25, -0.2) is 8.42 Å². The van der Waals surface area contributed by atoms with Crippen LogP contribution < -0.4 is 11.1 Å². The molecule has 0 rings (SSSR count). The summed E-state index contributed by atoms with van der Waals surface area (Å²) < 4.78 is 21.2. The van der Waals surface area contributed by atoms with E-state index in [1.807, 2.05) is 0 Å². The van der Waals surface area contributed by atoms with Crippen LogP contribution in [0.2, 0.25) is 0 Å². The SMILES string of the molecule is CS(=O)(=O)CCC(=O)NCCN.